The molecule has 9 aromatic rings. The number of hydrogen-bond donors (Lipinski definition) is 0. The van der Waals surface area contributed by atoms with Gasteiger partial charge in [0, 0.05) is 56.7 Å². The van der Waals surface area contributed by atoms with E-state index in [0.717, 1.165) is 49.9 Å². The summed E-state index contributed by atoms with van der Waals surface area (Å²) < 4.78 is 55.8. The van der Waals surface area contributed by atoms with Crippen LogP contribution in [0.1, 0.15) is 84.9 Å². The predicted molar refractivity (Wildman–Crippen MR) is 245 cm³/mol. The molecule has 5 nitrogen and oxygen atoms in total. The third-order valence-corrected chi connectivity index (χ3v) is 11.1. The van der Waals surface area contributed by atoms with Crippen molar-refractivity contribution in [3.05, 3.63) is 187 Å². The normalized spacial score (nSPS) is 13.1. The molecule has 0 bridgehead atoms. The van der Waals surface area contributed by atoms with Gasteiger partial charge in [-0.25, -0.2) is 4.98 Å². The first-order chi connectivity index (χ1) is 30.9. The summed E-state index contributed by atoms with van der Waals surface area (Å²) in [7, 11) is 0. The monoisotopic (exact) mass is 982 g/mol. The summed E-state index contributed by atoms with van der Waals surface area (Å²) in [5.41, 5.74) is 8.70. The van der Waals surface area contributed by atoms with E-state index in [0.29, 0.717) is 34.4 Å². The maximum absolute atomic E-state index is 9.02. The van der Waals surface area contributed by atoms with Crippen LogP contribution in [-0.4, -0.2) is 14.1 Å². The van der Waals surface area contributed by atoms with Gasteiger partial charge in [-0.1, -0.05) is 146 Å². The molecule has 3 heterocycles. The Hall–Kier alpha value is -6.03. The molecule has 0 aliphatic heterocycles. The van der Waals surface area contributed by atoms with Crippen LogP contribution in [0.25, 0.3) is 61.3 Å². The second-order valence-electron chi connectivity index (χ2n) is 17.7. The number of hydrogen-bond acceptors (Lipinski definition) is 2. The van der Waals surface area contributed by atoms with Crippen molar-refractivity contribution in [2.45, 2.75) is 72.1 Å². The van der Waals surface area contributed by atoms with Gasteiger partial charge in [-0.3, -0.25) is 4.57 Å². The number of para-hydroxylation sites is 2. The van der Waals surface area contributed by atoms with Crippen molar-refractivity contribution < 1.29 is 37.2 Å². The first-order valence-corrected chi connectivity index (χ1v) is 20.4. The van der Waals surface area contributed by atoms with Gasteiger partial charge in [-0.05, 0) is 85.0 Å². The van der Waals surface area contributed by atoms with E-state index in [1.54, 1.807) is 4.57 Å². The molecule has 0 radical (unpaired) electrons. The molecule has 6 heteroatoms. The van der Waals surface area contributed by atoms with E-state index in [-0.39, 0.29) is 49.5 Å². The molecule has 61 heavy (non-hydrogen) atoms. The molecule has 0 amide bonds. The Labute approximate surface area is 381 Å². The third kappa shape index (κ3) is 8.24. The average Bonchev–Trinajstić information content (AvgIpc) is 3.90. The number of nitrogens with zero attached hydrogens (tertiary/aromatic N) is 4. The van der Waals surface area contributed by atoms with E-state index in [1.165, 1.54) is 5.56 Å². The van der Waals surface area contributed by atoms with Crippen LogP contribution in [0.5, 0.6) is 11.5 Å². The fraction of sp³-hybridized carbons (Fsp3) is 0.200. The van der Waals surface area contributed by atoms with Crippen molar-refractivity contribution >= 4 is 21.8 Å². The van der Waals surface area contributed by atoms with Crippen LogP contribution in [-0.2, 0) is 31.9 Å². The topological polar surface area (TPSA) is 35.9 Å². The molecule has 0 atom stereocenters. The number of pyridine rings is 1. The van der Waals surface area contributed by atoms with Crippen molar-refractivity contribution in [3.8, 4) is 50.9 Å². The molecular formula is C55H50N4OPt-2. The Balaban J connectivity index is 0.00000592. The van der Waals surface area contributed by atoms with E-state index >= 15 is 0 Å². The fourth-order valence-corrected chi connectivity index (χ4v) is 7.69. The van der Waals surface area contributed by atoms with Gasteiger partial charge in [0.15, 0.2) is 0 Å². The van der Waals surface area contributed by atoms with E-state index < -0.39 is 18.1 Å². The standard InChI is InChI=1S/C55H50N4O.Pt/c1-37(2)39-26-27-56-52(32-39)59-50-23-13-12-20-48(50)49-25-24-45(35-51(49)59)60-44-19-14-18-43(34-44)57-28-29-58(36-57)53-46(38-16-10-9-11-17-38)21-15-22-47(53)40-30-41(54(3,4)5)33-42(31-40)55(6,7)8;/h9-33,37H,1-8H3;/q-2;/i9D,10D,11D,16D,17D;. The molecular weight excluding hydrogens is 928 g/mol. The molecule has 0 spiro atoms. The average molecular weight is 983 g/mol. The second kappa shape index (κ2) is 16.4. The zero-order valence-corrected chi connectivity index (χ0v) is 37.9. The summed E-state index contributed by atoms with van der Waals surface area (Å²) in [5.74, 6) is 2.15. The minimum absolute atomic E-state index is 0. The number of ether oxygens (including phenoxy) is 1. The number of benzene rings is 6. The van der Waals surface area contributed by atoms with Crippen LogP contribution in [0.15, 0.2) is 152 Å². The third-order valence-electron chi connectivity index (χ3n) is 11.1. The minimum atomic E-state index is -0.439. The maximum Gasteiger partial charge on any atom is 0.267 e. The number of aromatic nitrogens is 4. The molecule has 0 unspecified atom stereocenters. The second-order valence-corrected chi connectivity index (χ2v) is 17.7. The van der Waals surface area contributed by atoms with E-state index in [4.69, 9.17) is 16.6 Å². The summed E-state index contributed by atoms with van der Waals surface area (Å²) >= 11 is 0. The zero-order valence-electron chi connectivity index (χ0n) is 40.6. The van der Waals surface area contributed by atoms with Crippen LogP contribution in [0.4, 0.5) is 0 Å². The molecule has 0 N–H and O–H groups in total. The van der Waals surface area contributed by atoms with Crippen LogP contribution in [0.2, 0.25) is 0 Å². The van der Waals surface area contributed by atoms with Crippen molar-refractivity contribution in [2.24, 2.45) is 0 Å². The molecule has 0 aliphatic carbocycles. The van der Waals surface area contributed by atoms with Gasteiger partial charge in [0.05, 0.1) is 12.5 Å². The zero-order chi connectivity index (χ0) is 46.1. The number of rotatable bonds is 8. The number of imidazole rings is 1. The Bertz CT molecular complexity index is 3260. The van der Waals surface area contributed by atoms with Crippen molar-refractivity contribution in [1.29, 1.82) is 0 Å². The molecule has 3 aromatic heterocycles. The quantitative estimate of drug-likeness (QED) is 0.112. The van der Waals surface area contributed by atoms with Crippen molar-refractivity contribution in [2.75, 3.05) is 0 Å². The van der Waals surface area contributed by atoms with Gasteiger partial charge in [-0.15, -0.1) is 29.7 Å². The Morgan fingerprint density at radius 3 is 2.11 bits per heavy atom. The van der Waals surface area contributed by atoms with E-state index in [9.17, 15) is 0 Å². The van der Waals surface area contributed by atoms with Gasteiger partial charge in [0.1, 0.15) is 5.82 Å². The van der Waals surface area contributed by atoms with Crippen molar-refractivity contribution in [3.63, 3.8) is 0 Å². The smallest absolute Gasteiger partial charge is 0.267 e. The predicted octanol–water partition coefficient (Wildman–Crippen LogP) is 13.5. The summed E-state index contributed by atoms with van der Waals surface area (Å²) in [6.45, 7) is 17.5. The SMILES string of the molecule is [2H]c1c([2H])c([2H])c(-c2cccc(-c3cc(C(C)(C)C)cc(C(C)(C)C)c3)c2-[n+]2[c-]n(-c3[c-]c(Oc4[c-]c5c(cc4)c4ccccc4n5-c4cc(C(C)C)ccn4)ccc3)cc2)c([2H])c1[2H].[Pt]. The van der Waals surface area contributed by atoms with Gasteiger partial charge in [0.2, 0.25) is 0 Å². The largest absolute Gasteiger partial charge is 0.510 e. The molecule has 0 saturated carbocycles. The molecule has 0 fully saturated rings. The maximum atomic E-state index is 9.02. The molecule has 308 valence electrons. The Morgan fingerprint density at radius 1 is 0.705 bits per heavy atom. The fourth-order valence-electron chi connectivity index (χ4n) is 7.69. The van der Waals surface area contributed by atoms with E-state index in [1.807, 2.05) is 77.8 Å². The molecule has 0 aliphatic rings. The molecule has 9 rings (SSSR count). The Morgan fingerprint density at radius 2 is 1.39 bits per heavy atom. The van der Waals surface area contributed by atoms with E-state index in [2.05, 4.69) is 127 Å². The van der Waals surface area contributed by atoms with Gasteiger partial charge in [-0.2, -0.15) is 18.2 Å². The van der Waals surface area contributed by atoms with Crippen LogP contribution >= 0.6 is 0 Å². The number of fused-ring (bicyclic) bond motifs is 3. The van der Waals surface area contributed by atoms with Crippen molar-refractivity contribution in [1.82, 2.24) is 14.1 Å². The van der Waals surface area contributed by atoms with Gasteiger partial charge in [0.25, 0.3) is 6.33 Å². The first kappa shape index (κ1) is 35.7. The summed E-state index contributed by atoms with van der Waals surface area (Å²) in [6.07, 6.45) is 9.06. The van der Waals surface area contributed by atoms with Gasteiger partial charge < -0.3 is 13.9 Å². The minimum Gasteiger partial charge on any atom is -0.510 e. The summed E-state index contributed by atoms with van der Waals surface area (Å²) in [6, 6.07) is 39.7. The van der Waals surface area contributed by atoms with Crippen LogP contribution in [0, 0.1) is 18.5 Å². The van der Waals surface area contributed by atoms with Crippen LogP contribution < -0.4 is 9.30 Å². The Kier molecular flexibility index (Phi) is 9.62. The van der Waals surface area contributed by atoms with Gasteiger partial charge >= 0.3 is 0 Å². The summed E-state index contributed by atoms with van der Waals surface area (Å²) in [5, 5.41) is 2.14. The molecule has 0 saturated heterocycles. The first-order valence-electron chi connectivity index (χ1n) is 22.9. The van der Waals surface area contributed by atoms with Crippen LogP contribution in [0.3, 0.4) is 0 Å². The summed E-state index contributed by atoms with van der Waals surface area (Å²) in [4.78, 5) is 4.78. The molecule has 6 aromatic carbocycles.